The number of carbonyl (C=O) groups excluding carboxylic acids is 1. The first-order valence-electron chi connectivity index (χ1n) is 8.04. The molecule has 0 saturated carbocycles. The second kappa shape index (κ2) is 8.30. The van der Waals surface area contributed by atoms with E-state index in [1.54, 1.807) is 16.9 Å². The number of benzene rings is 1. The van der Waals surface area contributed by atoms with Gasteiger partial charge in [0, 0.05) is 18.5 Å². The van der Waals surface area contributed by atoms with Crippen molar-refractivity contribution in [2.45, 2.75) is 12.7 Å². The molecule has 0 saturated heterocycles. The van der Waals surface area contributed by atoms with Crippen molar-refractivity contribution in [1.29, 1.82) is 0 Å². The number of carbonyl (C=O) groups is 1. The molecule has 0 unspecified atom stereocenters. The number of rotatable bonds is 6. The summed E-state index contributed by atoms with van der Waals surface area (Å²) in [5.41, 5.74) is 1.11. The fourth-order valence-electron chi connectivity index (χ4n) is 2.28. The molecule has 10 heteroatoms. The first-order chi connectivity index (χ1) is 13.3. The molecular weight excluding hydrogens is 397 g/mol. The van der Waals surface area contributed by atoms with Crippen molar-refractivity contribution < 1.29 is 22.7 Å². The van der Waals surface area contributed by atoms with Crippen LogP contribution in [0.1, 0.15) is 15.9 Å². The average Bonchev–Trinajstić information content (AvgIpc) is 3.07. The Kier molecular flexibility index (Phi) is 5.84. The Morgan fingerprint density at radius 2 is 1.96 bits per heavy atom. The summed E-state index contributed by atoms with van der Waals surface area (Å²) in [5.74, 6) is -0.640. The molecule has 0 radical (unpaired) electrons. The highest BCUT2D eigenvalue weighted by Crippen LogP contribution is 2.25. The summed E-state index contributed by atoms with van der Waals surface area (Å²) in [4.78, 5) is 15.9. The highest BCUT2D eigenvalue weighted by atomic mass is 35.5. The lowest BCUT2D eigenvalue weighted by molar-refractivity contribution is -0.154. The summed E-state index contributed by atoms with van der Waals surface area (Å²) in [6.45, 7) is -0.987. The minimum Gasteiger partial charge on any atom is -0.467 e. The second-order valence-corrected chi connectivity index (χ2v) is 6.16. The van der Waals surface area contributed by atoms with Crippen molar-refractivity contribution in [3.05, 3.63) is 71.0 Å². The van der Waals surface area contributed by atoms with Crippen molar-refractivity contribution in [1.82, 2.24) is 14.8 Å². The van der Waals surface area contributed by atoms with E-state index in [1.165, 1.54) is 6.07 Å². The molecule has 3 rings (SSSR count). The Hall–Kier alpha value is -3.07. The van der Waals surface area contributed by atoms with E-state index in [0.29, 0.717) is 12.4 Å². The van der Waals surface area contributed by atoms with Gasteiger partial charge in [-0.3, -0.25) is 9.48 Å². The summed E-state index contributed by atoms with van der Waals surface area (Å²) < 4.78 is 42.7. The van der Waals surface area contributed by atoms with Gasteiger partial charge in [0.05, 0.1) is 12.1 Å². The highest BCUT2D eigenvalue weighted by Gasteiger charge is 2.29. The minimum atomic E-state index is -4.51. The summed E-state index contributed by atoms with van der Waals surface area (Å²) in [7, 11) is 0. The molecular formula is C18H14ClF3N4O2. The van der Waals surface area contributed by atoms with Crippen LogP contribution in [0.5, 0.6) is 5.88 Å². The molecule has 0 spiro atoms. The van der Waals surface area contributed by atoms with E-state index in [2.05, 4.69) is 20.1 Å². The van der Waals surface area contributed by atoms with Gasteiger partial charge in [0.25, 0.3) is 5.91 Å². The van der Waals surface area contributed by atoms with Crippen molar-refractivity contribution in [2.75, 3.05) is 11.9 Å². The van der Waals surface area contributed by atoms with Gasteiger partial charge in [-0.2, -0.15) is 18.3 Å². The Morgan fingerprint density at radius 3 is 2.64 bits per heavy atom. The standard InChI is InChI=1S/C18H14ClF3N4O2/c19-14-8-13(9-23-17(14)28-11-18(20,21)22)16(27)24-15-6-7-26(25-15)10-12-4-2-1-3-5-12/h1-9H,10-11H2,(H,24,25,27). The zero-order chi connectivity index (χ0) is 20.1. The Balaban J connectivity index is 1.62. The molecule has 1 amide bonds. The molecule has 6 nitrogen and oxygen atoms in total. The molecule has 0 atom stereocenters. The number of aromatic nitrogens is 3. The Bertz CT molecular complexity index is 961. The largest absolute Gasteiger partial charge is 0.467 e. The maximum Gasteiger partial charge on any atom is 0.422 e. The molecule has 1 N–H and O–H groups in total. The monoisotopic (exact) mass is 410 g/mol. The first kappa shape index (κ1) is 19.7. The zero-order valence-corrected chi connectivity index (χ0v) is 15.0. The zero-order valence-electron chi connectivity index (χ0n) is 14.3. The van der Waals surface area contributed by atoms with Gasteiger partial charge < -0.3 is 10.1 Å². The number of halogens is 4. The van der Waals surface area contributed by atoms with E-state index in [1.807, 2.05) is 30.3 Å². The van der Waals surface area contributed by atoms with Crippen LogP contribution in [0.3, 0.4) is 0 Å². The van der Waals surface area contributed by atoms with Gasteiger partial charge in [-0.05, 0) is 11.6 Å². The smallest absolute Gasteiger partial charge is 0.422 e. The fraction of sp³-hybridized carbons (Fsp3) is 0.167. The molecule has 28 heavy (non-hydrogen) atoms. The number of hydrogen-bond acceptors (Lipinski definition) is 4. The Labute approximate surface area is 162 Å². The van der Waals surface area contributed by atoms with E-state index in [4.69, 9.17) is 11.6 Å². The van der Waals surface area contributed by atoms with Crippen molar-refractivity contribution >= 4 is 23.3 Å². The van der Waals surface area contributed by atoms with E-state index in [0.717, 1.165) is 11.8 Å². The lowest BCUT2D eigenvalue weighted by Crippen LogP contribution is -2.20. The average molecular weight is 411 g/mol. The quantitative estimate of drug-likeness (QED) is 0.662. The van der Waals surface area contributed by atoms with E-state index in [9.17, 15) is 18.0 Å². The number of amides is 1. The third-order valence-electron chi connectivity index (χ3n) is 3.51. The molecule has 1 aromatic carbocycles. The van der Waals surface area contributed by atoms with E-state index in [-0.39, 0.29) is 10.6 Å². The van der Waals surface area contributed by atoms with Gasteiger partial charge >= 0.3 is 6.18 Å². The molecule has 0 aliphatic rings. The van der Waals surface area contributed by atoms with Crippen LogP contribution in [0.15, 0.2) is 54.9 Å². The molecule has 2 aromatic heterocycles. The molecule has 0 aliphatic carbocycles. The van der Waals surface area contributed by atoms with Crippen LogP contribution < -0.4 is 10.1 Å². The van der Waals surface area contributed by atoms with Gasteiger partial charge in [0.2, 0.25) is 5.88 Å². The summed E-state index contributed by atoms with van der Waals surface area (Å²) in [5, 5.41) is 6.62. The van der Waals surface area contributed by atoms with Gasteiger partial charge in [0.1, 0.15) is 5.02 Å². The normalized spacial score (nSPS) is 11.3. The highest BCUT2D eigenvalue weighted by molar-refractivity contribution is 6.32. The third kappa shape index (κ3) is 5.46. The van der Waals surface area contributed by atoms with Crippen LogP contribution in [0.2, 0.25) is 5.02 Å². The number of ether oxygens (including phenoxy) is 1. The third-order valence-corrected chi connectivity index (χ3v) is 3.78. The maximum atomic E-state index is 12.3. The van der Waals surface area contributed by atoms with Crippen LogP contribution in [0, 0.1) is 0 Å². The predicted octanol–water partition coefficient (Wildman–Crippen LogP) is 4.17. The summed E-state index contributed by atoms with van der Waals surface area (Å²) >= 11 is 5.85. The van der Waals surface area contributed by atoms with E-state index >= 15 is 0 Å². The molecule has 3 aromatic rings. The van der Waals surface area contributed by atoms with Gasteiger partial charge in [0.15, 0.2) is 12.4 Å². The summed E-state index contributed by atoms with van der Waals surface area (Å²) in [6.07, 6.45) is -1.73. The molecule has 146 valence electrons. The van der Waals surface area contributed by atoms with Crippen molar-refractivity contribution in [3.8, 4) is 5.88 Å². The van der Waals surface area contributed by atoms with Crippen LogP contribution in [-0.2, 0) is 6.54 Å². The molecule has 2 heterocycles. The fourth-order valence-corrected chi connectivity index (χ4v) is 2.50. The second-order valence-electron chi connectivity index (χ2n) is 5.75. The van der Waals surface area contributed by atoms with Crippen LogP contribution in [0.4, 0.5) is 19.0 Å². The first-order valence-corrected chi connectivity index (χ1v) is 8.42. The molecule has 0 fully saturated rings. The lowest BCUT2D eigenvalue weighted by atomic mass is 10.2. The molecule has 0 aliphatic heterocycles. The number of hydrogen-bond donors (Lipinski definition) is 1. The predicted molar refractivity (Wildman–Crippen MR) is 96.5 cm³/mol. The summed E-state index contributed by atoms with van der Waals surface area (Å²) in [6, 6.07) is 12.5. The van der Waals surface area contributed by atoms with Crippen molar-refractivity contribution in [2.24, 2.45) is 0 Å². The van der Waals surface area contributed by atoms with Crippen LogP contribution >= 0.6 is 11.6 Å². The number of anilines is 1. The van der Waals surface area contributed by atoms with Gasteiger partial charge in [-0.25, -0.2) is 4.98 Å². The number of alkyl halides is 3. The lowest BCUT2D eigenvalue weighted by Gasteiger charge is -2.10. The number of nitrogens with zero attached hydrogens (tertiary/aromatic N) is 3. The van der Waals surface area contributed by atoms with Crippen LogP contribution in [0.25, 0.3) is 0 Å². The van der Waals surface area contributed by atoms with Gasteiger partial charge in [-0.1, -0.05) is 41.9 Å². The van der Waals surface area contributed by atoms with Gasteiger partial charge in [-0.15, -0.1) is 0 Å². The number of pyridine rings is 1. The SMILES string of the molecule is O=C(Nc1ccn(Cc2ccccc2)n1)c1cnc(OCC(F)(F)F)c(Cl)c1. The van der Waals surface area contributed by atoms with Crippen LogP contribution in [-0.4, -0.2) is 33.5 Å². The maximum absolute atomic E-state index is 12.3. The van der Waals surface area contributed by atoms with E-state index < -0.39 is 24.6 Å². The Morgan fingerprint density at radius 1 is 1.21 bits per heavy atom. The molecule has 0 bridgehead atoms. The number of nitrogens with one attached hydrogen (secondary N) is 1. The van der Waals surface area contributed by atoms with Crippen molar-refractivity contribution in [3.63, 3.8) is 0 Å². The topological polar surface area (TPSA) is 69.0 Å². The minimum absolute atomic E-state index is 0.0574.